The fourth-order valence-corrected chi connectivity index (χ4v) is 3.92. The minimum atomic E-state index is -4.73. The molecule has 0 aliphatic heterocycles. The third-order valence-electron chi connectivity index (χ3n) is 5.67. The zero-order valence-electron chi connectivity index (χ0n) is 23.6. The van der Waals surface area contributed by atoms with Gasteiger partial charge in [0.25, 0.3) is 0 Å². The lowest BCUT2D eigenvalue weighted by atomic mass is 10.1. The molecule has 0 saturated carbocycles. The van der Waals surface area contributed by atoms with Crippen LogP contribution in [0, 0.1) is 0 Å². The lowest BCUT2D eigenvalue weighted by molar-refractivity contribution is -0.161. The van der Waals surface area contributed by atoms with Gasteiger partial charge in [-0.05, 0) is 44.9 Å². The molecule has 0 aromatic carbocycles. The van der Waals surface area contributed by atoms with Crippen LogP contribution in [0.1, 0.15) is 117 Å². The highest BCUT2D eigenvalue weighted by Crippen LogP contribution is 2.35. The summed E-state index contributed by atoms with van der Waals surface area (Å²) >= 11 is 0. The first-order valence-electron chi connectivity index (χ1n) is 14.3. The Labute approximate surface area is 230 Å². The van der Waals surface area contributed by atoms with E-state index in [0.717, 1.165) is 77.0 Å². The Hall–Kier alpha value is -1.73. The monoisotopic (exact) mass is 558 g/mol. The highest BCUT2D eigenvalue weighted by Gasteiger charge is 2.22. The Morgan fingerprint density at radius 1 is 0.711 bits per heavy atom. The number of ether oxygens (including phenoxy) is 2. The summed E-state index contributed by atoms with van der Waals surface area (Å²) in [6.07, 6.45) is 26.3. The number of carbonyl (C=O) groups excluding carboxylic acids is 2. The summed E-state index contributed by atoms with van der Waals surface area (Å²) in [5.74, 6) is -0.925. The van der Waals surface area contributed by atoms with Crippen LogP contribution in [-0.2, 0) is 28.2 Å². The minimum absolute atomic E-state index is 0.192. The summed E-state index contributed by atoms with van der Waals surface area (Å²) in [4.78, 5) is 42.0. The average Bonchev–Trinajstić information content (AvgIpc) is 2.87. The van der Waals surface area contributed by atoms with Crippen molar-refractivity contribution < 1.29 is 37.9 Å². The Morgan fingerprint density at radius 3 is 1.89 bits per heavy atom. The van der Waals surface area contributed by atoms with Gasteiger partial charge in [0.05, 0.1) is 6.61 Å². The molecule has 0 saturated heterocycles. The van der Waals surface area contributed by atoms with Crippen molar-refractivity contribution in [3.05, 3.63) is 36.5 Å². The Kier molecular flexibility index (Phi) is 24.4. The number of rotatable bonds is 25. The van der Waals surface area contributed by atoms with Crippen LogP contribution in [0.5, 0.6) is 0 Å². The Morgan fingerprint density at radius 2 is 1.26 bits per heavy atom. The van der Waals surface area contributed by atoms with Gasteiger partial charge < -0.3 is 19.3 Å². The van der Waals surface area contributed by atoms with E-state index in [2.05, 4.69) is 54.8 Å². The first-order chi connectivity index (χ1) is 18.3. The molecule has 0 radical (unpaired) electrons. The van der Waals surface area contributed by atoms with Crippen molar-refractivity contribution in [2.45, 2.75) is 123 Å². The fraction of sp³-hybridized carbons (Fsp3) is 0.724. The molecule has 0 spiro atoms. The summed E-state index contributed by atoms with van der Waals surface area (Å²) in [5, 5.41) is 0. The van der Waals surface area contributed by atoms with Gasteiger partial charge in [0.1, 0.15) is 6.61 Å². The zero-order chi connectivity index (χ0) is 28.3. The van der Waals surface area contributed by atoms with Crippen LogP contribution in [-0.4, -0.2) is 41.0 Å². The lowest BCUT2D eigenvalue weighted by Gasteiger charge is -2.18. The topological polar surface area (TPSA) is 119 Å². The molecule has 38 heavy (non-hydrogen) atoms. The number of allylic oxidation sites excluding steroid dienone is 6. The zero-order valence-corrected chi connectivity index (χ0v) is 24.5. The van der Waals surface area contributed by atoms with Crippen molar-refractivity contribution in [3.63, 3.8) is 0 Å². The minimum Gasteiger partial charge on any atom is -0.462 e. The van der Waals surface area contributed by atoms with Gasteiger partial charge in [0.2, 0.25) is 0 Å². The number of esters is 2. The van der Waals surface area contributed by atoms with Gasteiger partial charge in [-0.25, -0.2) is 4.57 Å². The molecule has 0 aliphatic carbocycles. The summed E-state index contributed by atoms with van der Waals surface area (Å²) in [7, 11) is -4.73. The maximum Gasteiger partial charge on any atom is 0.469 e. The van der Waals surface area contributed by atoms with Crippen LogP contribution in [0.3, 0.4) is 0 Å². The predicted molar refractivity (Wildman–Crippen MR) is 151 cm³/mol. The maximum absolute atomic E-state index is 12.2. The third-order valence-corrected chi connectivity index (χ3v) is 6.16. The molecular weight excluding hydrogens is 507 g/mol. The SMILES string of the molecule is CC/C=C\C/C=C\C/C=C\CCCCCCCC(=O)OC(COC(=O)CCCCCCC)COP(=O)(O)O. The number of hydrogen-bond donors (Lipinski definition) is 2. The third kappa shape index (κ3) is 27.3. The molecule has 0 rings (SSSR count). The van der Waals surface area contributed by atoms with Crippen molar-refractivity contribution in [1.82, 2.24) is 0 Å². The van der Waals surface area contributed by atoms with Crippen molar-refractivity contribution in [3.8, 4) is 0 Å². The van der Waals surface area contributed by atoms with Gasteiger partial charge in [0.15, 0.2) is 6.10 Å². The summed E-state index contributed by atoms with van der Waals surface area (Å²) in [5.41, 5.74) is 0. The summed E-state index contributed by atoms with van der Waals surface area (Å²) < 4.78 is 25.9. The highest BCUT2D eigenvalue weighted by atomic mass is 31.2. The van der Waals surface area contributed by atoms with Crippen molar-refractivity contribution in [2.75, 3.05) is 13.2 Å². The molecule has 8 nitrogen and oxygen atoms in total. The molecule has 0 aromatic heterocycles. The second-order valence-electron chi connectivity index (χ2n) is 9.35. The lowest BCUT2D eigenvalue weighted by Crippen LogP contribution is -2.29. The quantitative estimate of drug-likeness (QED) is 0.0511. The van der Waals surface area contributed by atoms with Crippen LogP contribution >= 0.6 is 7.82 Å². The summed E-state index contributed by atoms with van der Waals surface area (Å²) in [6, 6.07) is 0. The Balaban J connectivity index is 4.06. The van der Waals surface area contributed by atoms with E-state index in [1.807, 2.05) is 0 Å². The highest BCUT2D eigenvalue weighted by molar-refractivity contribution is 7.46. The van der Waals surface area contributed by atoms with E-state index in [1.165, 1.54) is 0 Å². The number of unbranched alkanes of at least 4 members (excludes halogenated alkanes) is 9. The molecule has 0 fully saturated rings. The predicted octanol–water partition coefficient (Wildman–Crippen LogP) is 7.50. The molecule has 9 heteroatoms. The van der Waals surface area contributed by atoms with E-state index in [4.69, 9.17) is 19.3 Å². The normalized spacial score (nSPS) is 13.1. The first kappa shape index (κ1) is 36.3. The maximum atomic E-state index is 12.2. The van der Waals surface area contributed by atoms with Gasteiger partial charge in [-0.2, -0.15) is 0 Å². The smallest absolute Gasteiger partial charge is 0.462 e. The van der Waals surface area contributed by atoms with Gasteiger partial charge >= 0.3 is 19.8 Å². The van der Waals surface area contributed by atoms with Crippen LogP contribution in [0.4, 0.5) is 0 Å². The van der Waals surface area contributed by atoms with E-state index < -0.39 is 32.5 Å². The number of phosphoric acid groups is 1. The summed E-state index contributed by atoms with van der Waals surface area (Å²) in [6.45, 7) is 3.41. The molecule has 0 amide bonds. The molecule has 0 aromatic rings. The van der Waals surface area contributed by atoms with Crippen molar-refractivity contribution in [2.24, 2.45) is 0 Å². The molecule has 220 valence electrons. The first-order valence-corrected chi connectivity index (χ1v) is 15.8. The second kappa shape index (κ2) is 25.5. The molecule has 0 heterocycles. The molecular formula is C29H51O8P. The van der Waals surface area contributed by atoms with E-state index in [9.17, 15) is 14.2 Å². The van der Waals surface area contributed by atoms with E-state index in [1.54, 1.807) is 0 Å². The van der Waals surface area contributed by atoms with Crippen LogP contribution in [0.2, 0.25) is 0 Å². The number of hydrogen-bond acceptors (Lipinski definition) is 6. The molecule has 2 N–H and O–H groups in total. The molecule has 1 unspecified atom stereocenters. The van der Waals surface area contributed by atoms with Gasteiger partial charge in [-0.1, -0.05) is 95.2 Å². The van der Waals surface area contributed by atoms with Crippen molar-refractivity contribution in [1.29, 1.82) is 0 Å². The number of phosphoric ester groups is 1. The molecule has 1 atom stereocenters. The average molecular weight is 559 g/mol. The van der Waals surface area contributed by atoms with Crippen LogP contribution in [0.15, 0.2) is 36.5 Å². The van der Waals surface area contributed by atoms with Crippen molar-refractivity contribution >= 4 is 19.8 Å². The second-order valence-corrected chi connectivity index (χ2v) is 10.6. The largest absolute Gasteiger partial charge is 0.469 e. The Bertz CT molecular complexity index is 726. The van der Waals surface area contributed by atoms with Gasteiger partial charge in [0, 0.05) is 12.8 Å². The van der Waals surface area contributed by atoms with E-state index >= 15 is 0 Å². The van der Waals surface area contributed by atoms with Gasteiger partial charge in [-0.3, -0.25) is 14.1 Å². The van der Waals surface area contributed by atoms with E-state index in [-0.39, 0.29) is 19.4 Å². The standard InChI is InChI=1S/C29H51O8P/c1-3-5-7-9-10-11-12-13-14-15-16-17-18-20-22-24-29(31)37-27(26-36-38(32,33)34)25-35-28(30)23-21-19-8-6-4-2/h5,7,10-11,13-14,27H,3-4,6,8-9,12,15-26H2,1-2H3,(H2,32,33,34)/b7-5-,11-10-,14-13-. The molecule has 0 aliphatic rings. The fourth-order valence-electron chi connectivity index (χ4n) is 3.56. The molecule has 0 bridgehead atoms. The van der Waals surface area contributed by atoms with E-state index in [0.29, 0.717) is 12.8 Å². The van der Waals surface area contributed by atoms with Crippen LogP contribution in [0.25, 0.3) is 0 Å². The van der Waals surface area contributed by atoms with Gasteiger partial charge in [-0.15, -0.1) is 0 Å². The van der Waals surface area contributed by atoms with Crippen LogP contribution < -0.4 is 0 Å². The number of carbonyl (C=O) groups is 2.